The van der Waals surface area contributed by atoms with E-state index in [1.165, 1.54) is 5.56 Å². The van der Waals surface area contributed by atoms with E-state index in [2.05, 4.69) is 6.07 Å². The first-order chi connectivity index (χ1) is 17.2. The van der Waals surface area contributed by atoms with Crippen LogP contribution in [0.3, 0.4) is 0 Å². The largest absolute Gasteiger partial charge is 0.336 e. The topological polar surface area (TPSA) is 62.6 Å². The zero-order valence-electron chi connectivity index (χ0n) is 19.8. The van der Waals surface area contributed by atoms with Crippen molar-refractivity contribution >= 4 is 58.1 Å². The molecule has 2 aromatic carbocycles. The van der Waals surface area contributed by atoms with E-state index in [4.69, 9.17) is 23.2 Å². The number of amides is 3. The highest BCUT2D eigenvalue weighted by atomic mass is 35.5. The van der Waals surface area contributed by atoms with E-state index in [0.717, 1.165) is 51.3 Å². The predicted octanol–water partition coefficient (Wildman–Crippen LogP) is 6.02. The van der Waals surface area contributed by atoms with Crippen molar-refractivity contribution in [2.45, 2.75) is 26.8 Å². The molecule has 0 radical (unpaired) electrons. The van der Waals surface area contributed by atoms with Crippen LogP contribution in [0.1, 0.15) is 28.1 Å². The maximum Gasteiger partial charge on any atom is 0.294 e. The smallest absolute Gasteiger partial charge is 0.294 e. The maximum absolute atomic E-state index is 13.1. The summed E-state index contributed by atoms with van der Waals surface area (Å²) in [5.74, 6) is -0.680. The minimum atomic E-state index is -0.449. The summed E-state index contributed by atoms with van der Waals surface area (Å²) in [7, 11) is 0. The van der Waals surface area contributed by atoms with Gasteiger partial charge < -0.3 is 9.47 Å². The van der Waals surface area contributed by atoms with Crippen LogP contribution < -0.4 is 0 Å². The molecule has 36 heavy (non-hydrogen) atoms. The molecule has 0 N–H and O–H groups in total. The monoisotopic (exact) mass is 539 g/mol. The van der Waals surface area contributed by atoms with Crippen LogP contribution in [0.4, 0.5) is 4.79 Å². The molecule has 6 nitrogen and oxygen atoms in total. The van der Waals surface area contributed by atoms with Gasteiger partial charge in [-0.05, 0) is 79.1 Å². The van der Waals surface area contributed by atoms with Gasteiger partial charge in [-0.2, -0.15) is 0 Å². The fourth-order valence-electron chi connectivity index (χ4n) is 4.68. The number of carbonyl (C=O) groups excluding carboxylic acids is 3. The van der Waals surface area contributed by atoms with E-state index in [0.29, 0.717) is 28.0 Å². The number of nitrogens with zero attached hydrogens (tertiary/aromatic N) is 3. The van der Waals surface area contributed by atoms with Crippen LogP contribution in [-0.4, -0.2) is 44.5 Å². The van der Waals surface area contributed by atoms with Crippen LogP contribution in [-0.2, 0) is 22.6 Å². The van der Waals surface area contributed by atoms with E-state index in [-0.39, 0.29) is 12.5 Å². The van der Waals surface area contributed by atoms with Crippen molar-refractivity contribution in [3.63, 3.8) is 0 Å². The summed E-state index contributed by atoms with van der Waals surface area (Å²) in [5, 5.41) is 0.488. The number of fused-ring (bicyclic) bond motifs is 1. The molecule has 0 unspecified atom stereocenters. The lowest BCUT2D eigenvalue weighted by Gasteiger charge is -2.29. The number of halogens is 2. The molecule has 1 fully saturated rings. The number of thioether (sulfide) groups is 1. The fraction of sp³-hybridized carbons (Fsp3) is 0.222. The normalized spacial score (nSPS) is 16.7. The summed E-state index contributed by atoms with van der Waals surface area (Å²) in [6.45, 7) is 4.69. The van der Waals surface area contributed by atoms with Crippen molar-refractivity contribution in [2.24, 2.45) is 0 Å². The number of aryl methyl sites for hydroxylation is 1. The van der Waals surface area contributed by atoms with Gasteiger partial charge in [0.2, 0.25) is 5.91 Å². The Balaban J connectivity index is 1.34. The molecule has 3 heterocycles. The molecule has 1 saturated heterocycles. The van der Waals surface area contributed by atoms with Crippen LogP contribution in [0.15, 0.2) is 53.4 Å². The lowest BCUT2D eigenvalue weighted by atomic mass is 10.00. The molecule has 2 aliphatic rings. The second-order valence-corrected chi connectivity index (χ2v) is 10.7. The van der Waals surface area contributed by atoms with Gasteiger partial charge in [0, 0.05) is 30.2 Å². The second kappa shape index (κ2) is 9.81. The molecule has 1 aromatic heterocycles. The number of hydrogen-bond donors (Lipinski definition) is 0. The van der Waals surface area contributed by atoms with Crippen LogP contribution >= 0.6 is 35.0 Å². The van der Waals surface area contributed by atoms with E-state index >= 15 is 0 Å². The summed E-state index contributed by atoms with van der Waals surface area (Å²) >= 11 is 13.1. The second-order valence-electron chi connectivity index (χ2n) is 8.86. The molecular weight excluding hydrogens is 517 g/mol. The summed E-state index contributed by atoms with van der Waals surface area (Å²) < 4.78 is 2.01. The van der Waals surface area contributed by atoms with Crippen molar-refractivity contribution in [1.29, 1.82) is 0 Å². The number of hydrogen-bond acceptors (Lipinski definition) is 4. The third kappa shape index (κ3) is 4.59. The van der Waals surface area contributed by atoms with E-state index < -0.39 is 11.1 Å². The van der Waals surface area contributed by atoms with Gasteiger partial charge >= 0.3 is 0 Å². The van der Waals surface area contributed by atoms with Gasteiger partial charge in [-0.1, -0.05) is 47.5 Å². The van der Waals surface area contributed by atoms with Crippen molar-refractivity contribution in [1.82, 2.24) is 14.4 Å². The van der Waals surface area contributed by atoms with E-state index in [1.807, 2.05) is 48.7 Å². The summed E-state index contributed by atoms with van der Waals surface area (Å²) in [6, 6.07) is 15.4. The summed E-state index contributed by atoms with van der Waals surface area (Å²) in [6.07, 6.45) is 2.47. The fourth-order valence-corrected chi connectivity index (χ4v) is 5.80. The third-order valence-corrected chi connectivity index (χ3v) is 8.22. The van der Waals surface area contributed by atoms with Gasteiger partial charge in [-0.3, -0.25) is 19.3 Å². The van der Waals surface area contributed by atoms with Crippen LogP contribution in [0.25, 0.3) is 11.8 Å². The third-order valence-electron chi connectivity index (χ3n) is 6.57. The molecule has 0 aliphatic carbocycles. The molecule has 3 amide bonds. The molecule has 0 bridgehead atoms. The predicted molar refractivity (Wildman–Crippen MR) is 144 cm³/mol. The molecule has 0 saturated carbocycles. The minimum absolute atomic E-state index is 0.231. The van der Waals surface area contributed by atoms with Gasteiger partial charge in [0.05, 0.1) is 15.0 Å². The molecule has 5 rings (SSSR count). The zero-order chi connectivity index (χ0) is 25.6. The Bertz CT molecular complexity index is 1450. The Kier molecular flexibility index (Phi) is 6.72. The standard InChI is InChI=1S/C27H23Cl2N3O3S/c1-16-11-20(17(2)32(16)21-7-8-22(28)23(29)13-21)12-24-26(34)31(27(35)36-24)15-25(33)30-10-9-18-5-3-4-6-19(18)14-30/h3-8,11-13H,9-10,14-15H2,1-2H3/b24-12-. The zero-order valence-corrected chi connectivity index (χ0v) is 22.1. The average molecular weight is 540 g/mol. The van der Waals surface area contributed by atoms with Gasteiger partial charge in [0.25, 0.3) is 11.1 Å². The van der Waals surface area contributed by atoms with Gasteiger partial charge in [0.1, 0.15) is 6.54 Å². The van der Waals surface area contributed by atoms with Gasteiger partial charge in [0.15, 0.2) is 0 Å². The number of benzene rings is 2. The highest BCUT2D eigenvalue weighted by Gasteiger charge is 2.37. The summed E-state index contributed by atoms with van der Waals surface area (Å²) in [4.78, 5) is 41.8. The quantitative estimate of drug-likeness (QED) is 0.380. The molecule has 0 spiro atoms. The highest BCUT2D eigenvalue weighted by molar-refractivity contribution is 8.18. The van der Waals surface area contributed by atoms with Crippen LogP contribution in [0.2, 0.25) is 10.0 Å². The van der Waals surface area contributed by atoms with Gasteiger partial charge in [-0.25, -0.2) is 0 Å². The van der Waals surface area contributed by atoms with Crippen molar-refractivity contribution in [3.8, 4) is 5.69 Å². The Labute approximate surface area is 223 Å². The Morgan fingerprint density at radius 2 is 1.78 bits per heavy atom. The lowest BCUT2D eigenvalue weighted by Crippen LogP contribution is -2.44. The Hall–Kier alpha value is -3.00. The first-order valence-electron chi connectivity index (χ1n) is 11.5. The Morgan fingerprint density at radius 1 is 1.03 bits per heavy atom. The number of aromatic nitrogens is 1. The molecule has 3 aromatic rings. The van der Waals surface area contributed by atoms with Gasteiger partial charge in [-0.15, -0.1) is 0 Å². The van der Waals surface area contributed by atoms with Crippen LogP contribution in [0, 0.1) is 13.8 Å². The van der Waals surface area contributed by atoms with Crippen molar-refractivity contribution in [3.05, 3.63) is 91.6 Å². The van der Waals surface area contributed by atoms with E-state index in [9.17, 15) is 14.4 Å². The first kappa shape index (κ1) is 24.7. The van der Waals surface area contributed by atoms with E-state index in [1.54, 1.807) is 23.1 Å². The van der Waals surface area contributed by atoms with Crippen molar-refractivity contribution in [2.75, 3.05) is 13.1 Å². The number of imide groups is 1. The SMILES string of the molecule is Cc1cc(/C=C2\SC(=O)N(CC(=O)N3CCc4ccccc4C3)C2=O)c(C)n1-c1ccc(Cl)c(Cl)c1. The maximum atomic E-state index is 13.1. The minimum Gasteiger partial charge on any atom is -0.336 e. The van der Waals surface area contributed by atoms with Crippen molar-refractivity contribution < 1.29 is 14.4 Å². The molecule has 2 aliphatic heterocycles. The molecular formula is C27H23Cl2N3O3S. The Morgan fingerprint density at radius 3 is 2.53 bits per heavy atom. The number of carbonyl (C=O) groups is 3. The summed E-state index contributed by atoms with van der Waals surface area (Å²) in [5.41, 5.74) is 5.82. The number of rotatable bonds is 4. The highest BCUT2D eigenvalue weighted by Crippen LogP contribution is 2.34. The molecule has 9 heteroatoms. The first-order valence-corrected chi connectivity index (χ1v) is 13.0. The molecule has 0 atom stereocenters. The van der Waals surface area contributed by atoms with Crippen LogP contribution in [0.5, 0.6) is 0 Å². The molecule has 184 valence electrons. The lowest BCUT2D eigenvalue weighted by molar-refractivity contribution is -0.136. The average Bonchev–Trinajstić information content (AvgIpc) is 3.29.